The zero-order chi connectivity index (χ0) is 13.9. The number of hydrogen-bond donors (Lipinski definition) is 1. The monoisotopic (exact) mass is 274 g/mol. The van der Waals surface area contributed by atoms with E-state index in [1.807, 2.05) is 0 Å². The Morgan fingerprint density at radius 1 is 1.11 bits per heavy atom. The number of benzene rings is 1. The Balaban J connectivity index is 2.21. The predicted octanol–water partition coefficient (Wildman–Crippen LogP) is 4.23. The molecular formula is C13H14F4N2. The molecule has 0 saturated heterocycles. The highest BCUT2D eigenvalue weighted by Crippen LogP contribution is 2.32. The van der Waals surface area contributed by atoms with E-state index in [-0.39, 0.29) is 5.69 Å². The maximum Gasteiger partial charge on any atom is 0.416 e. The summed E-state index contributed by atoms with van der Waals surface area (Å²) in [5.74, 6) is -0.157. The van der Waals surface area contributed by atoms with Crippen molar-refractivity contribution in [1.82, 2.24) is 0 Å². The van der Waals surface area contributed by atoms with Gasteiger partial charge in [-0.15, -0.1) is 0 Å². The smallest absolute Gasteiger partial charge is 0.342 e. The second kappa shape index (κ2) is 5.59. The number of nitrogens with one attached hydrogen (secondary N) is 1. The predicted molar refractivity (Wildman–Crippen MR) is 65.8 cm³/mol. The third-order valence-electron chi connectivity index (χ3n) is 2.95. The molecule has 0 saturated carbocycles. The van der Waals surface area contributed by atoms with Crippen molar-refractivity contribution < 1.29 is 17.6 Å². The Hall–Kier alpha value is -1.59. The van der Waals surface area contributed by atoms with Crippen molar-refractivity contribution in [2.75, 3.05) is 11.9 Å². The molecule has 1 aromatic carbocycles. The molecule has 0 amide bonds. The molecule has 0 aromatic heterocycles. The molecule has 2 nitrogen and oxygen atoms in total. The fraction of sp³-hybridized carbons (Fsp3) is 0.462. The van der Waals surface area contributed by atoms with Crippen LogP contribution in [-0.4, -0.2) is 12.4 Å². The number of hydrogen-bond acceptors (Lipinski definition) is 2. The highest BCUT2D eigenvalue weighted by molar-refractivity contribution is 5.95. The lowest BCUT2D eigenvalue weighted by Crippen LogP contribution is -2.14. The number of alkyl halides is 3. The molecule has 1 aliphatic heterocycles. The summed E-state index contributed by atoms with van der Waals surface area (Å²) in [5, 5.41) is 2.68. The van der Waals surface area contributed by atoms with E-state index in [9.17, 15) is 17.6 Å². The lowest BCUT2D eigenvalue weighted by molar-refractivity contribution is -0.137. The largest absolute Gasteiger partial charge is 0.416 e. The van der Waals surface area contributed by atoms with Crippen LogP contribution in [0.3, 0.4) is 0 Å². The van der Waals surface area contributed by atoms with E-state index in [0.717, 1.165) is 37.5 Å². The normalized spacial score (nSPS) is 16.7. The summed E-state index contributed by atoms with van der Waals surface area (Å²) in [6.45, 7) is 0.628. The van der Waals surface area contributed by atoms with E-state index in [1.165, 1.54) is 0 Å². The van der Waals surface area contributed by atoms with E-state index in [1.54, 1.807) is 0 Å². The van der Waals surface area contributed by atoms with Gasteiger partial charge in [0, 0.05) is 13.0 Å². The van der Waals surface area contributed by atoms with Gasteiger partial charge in [0.05, 0.1) is 11.3 Å². The van der Waals surface area contributed by atoms with Gasteiger partial charge < -0.3 is 5.32 Å². The number of halogens is 4. The van der Waals surface area contributed by atoms with E-state index in [2.05, 4.69) is 10.3 Å². The quantitative estimate of drug-likeness (QED) is 0.761. The molecular weight excluding hydrogens is 260 g/mol. The molecule has 19 heavy (non-hydrogen) atoms. The van der Waals surface area contributed by atoms with Crippen LogP contribution in [0.1, 0.15) is 31.2 Å². The first kappa shape index (κ1) is 13.8. The second-order valence-corrected chi connectivity index (χ2v) is 4.46. The first-order chi connectivity index (χ1) is 8.97. The summed E-state index contributed by atoms with van der Waals surface area (Å²) >= 11 is 0. The van der Waals surface area contributed by atoms with Gasteiger partial charge in [0.1, 0.15) is 11.7 Å². The Bertz CT molecular complexity index is 480. The van der Waals surface area contributed by atoms with Crippen LogP contribution in [0.15, 0.2) is 23.2 Å². The molecule has 0 aliphatic carbocycles. The molecule has 1 N–H and O–H groups in total. The number of nitrogens with zero attached hydrogens (tertiary/aromatic N) is 1. The van der Waals surface area contributed by atoms with Gasteiger partial charge >= 0.3 is 6.18 Å². The van der Waals surface area contributed by atoms with Crippen LogP contribution >= 0.6 is 0 Å². The molecule has 1 aromatic rings. The zero-order valence-electron chi connectivity index (χ0n) is 10.2. The maximum atomic E-state index is 13.5. The van der Waals surface area contributed by atoms with Crippen LogP contribution in [-0.2, 0) is 6.18 Å². The van der Waals surface area contributed by atoms with Gasteiger partial charge in [-0.1, -0.05) is 6.42 Å². The van der Waals surface area contributed by atoms with Gasteiger partial charge in [0.25, 0.3) is 0 Å². The Morgan fingerprint density at radius 3 is 2.63 bits per heavy atom. The third-order valence-corrected chi connectivity index (χ3v) is 2.95. The Morgan fingerprint density at radius 2 is 1.89 bits per heavy atom. The molecule has 0 radical (unpaired) electrons. The van der Waals surface area contributed by atoms with E-state index in [4.69, 9.17) is 0 Å². The summed E-state index contributed by atoms with van der Waals surface area (Å²) in [6.07, 6.45) is -0.951. The highest BCUT2D eigenvalue weighted by atomic mass is 19.4. The number of rotatable bonds is 1. The minimum absolute atomic E-state index is 0.171. The minimum Gasteiger partial charge on any atom is -0.342 e. The van der Waals surface area contributed by atoms with Crippen molar-refractivity contribution in [2.45, 2.75) is 31.9 Å². The van der Waals surface area contributed by atoms with Crippen molar-refractivity contribution in [3.05, 3.63) is 29.6 Å². The molecule has 2 rings (SSSR count). The fourth-order valence-electron chi connectivity index (χ4n) is 1.93. The molecule has 6 heteroatoms. The van der Waals surface area contributed by atoms with E-state index in [0.29, 0.717) is 18.8 Å². The average molecular weight is 274 g/mol. The molecule has 0 fully saturated rings. The second-order valence-electron chi connectivity index (χ2n) is 4.46. The van der Waals surface area contributed by atoms with Crippen LogP contribution < -0.4 is 5.32 Å². The topological polar surface area (TPSA) is 24.4 Å². The zero-order valence-corrected chi connectivity index (χ0v) is 10.2. The highest BCUT2D eigenvalue weighted by Gasteiger charge is 2.31. The molecule has 0 unspecified atom stereocenters. The molecule has 1 heterocycles. The van der Waals surface area contributed by atoms with Gasteiger partial charge in [0.15, 0.2) is 0 Å². The Labute approximate surface area is 108 Å². The van der Waals surface area contributed by atoms with Crippen molar-refractivity contribution in [3.8, 4) is 0 Å². The van der Waals surface area contributed by atoms with Crippen LogP contribution in [0.2, 0.25) is 0 Å². The minimum atomic E-state index is -4.48. The fourth-order valence-corrected chi connectivity index (χ4v) is 1.93. The van der Waals surface area contributed by atoms with Crippen LogP contribution in [0.5, 0.6) is 0 Å². The van der Waals surface area contributed by atoms with Crippen molar-refractivity contribution >= 4 is 11.5 Å². The van der Waals surface area contributed by atoms with E-state index >= 15 is 0 Å². The third kappa shape index (κ3) is 3.68. The SMILES string of the molecule is Fc1ccc(C(F)(F)F)cc1NC1=NCCCCC1. The van der Waals surface area contributed by atoms with E-state index < -0.39 is 17.6 Å². The number of amidine groups is 1. The molecule has 0 atom stereocenters. The van der Waals surface area contributed by atoms with Crippen LogP contribution in [0.4, 0.5) is 23.2 Å². The Kier molecular flexibility index (Phi) is 4.07. The lowest BCUT2D eigenvalue weighted by atomic mass is 10.1. The number of anilines is 1. The van der Waals surface area contributed by atoms with Gasteiger partial charge in [-0.2, -0.15) is 13.2 Å². The van der Waals surface area contributed by atoms with Crippen LogP contribution in [0, 0.1) is 5.82 Å². The summed E-state index contributed by atoms with van der Waals surface area (Å²) in [5.41, 5.74) is -1.04. The van der Waals surface area contributed by atoms with Crippen LogP contribution in [0.25, 0.3) is 0 Å². The summed E-state index contributed by atoms with van der Waals surface area (Å²) in [4.78, 5) is 4.21. The first-order valence-electron chi connectivity index (χ1n) is 6.14. The average Bonchev–Trinajstić information content (AvgIpc) is 2.59. The number of aliphatic imine (C=N–C) groups is 1. The van der Waals surface area contributed by atoms with Crippen molar-refractivity contribution in [2.24, 2.45) is 4.99 Å². The standard InChI is InChI=1S/C13H14F4N2/c14-10-6-5-9(13(15,16)17)8-11(10)19-12-4-2-1-3-7-18-12/h5-6,8H,1-4,7H2,(H,18,19). The summed E-state index contributed by atoms with van der Waals surface area (Å²) in [7, 11) is 0. The molecule has 0 bridgehead atoms. The summed E-state index contributed by atoms with van der Waals surface area (Å²) < 4.78 is 51.2. The van der Waals surface area contributed by atoms with Gasteiger partial charge in [-0.3, -0.25) is 4.99 Å². The first-order valence-corrected chi connectivity index (χ1v) is 6.14. The van der Waals surface area contributed by atoms with Crippen molar-refractivity contribution in [3.63, 3.8) is 0 Å². The molecule has 1 aliphatic rings. The van der Waals surface area contributed by atoms with Gasteiger partial charge in [-0.05, 0) is 31.0 Å². The molecule has 104 valence electrons. The van der Waals surface area contributed by atoms with Gasteiger partial charge in [-0.25, -0.2) is 4.39 Å². The van der Waals surface area contributed by atoms with Gasteiger partial charge in [0.2, 0.25) is 0 Å². The van der Waals surface area contributed by atoms with Crippen molar-refractivity contribution in [1.29, 1.82) is 0 Å². The summed E-state index contributed by atoms with van der Waals surface area (Å²) in [6, 6.07) is 2.33. The maximum absolute atomic E-state index is 13.5. The molecule has 0 spiro atoms. The lowest BCUT2D eigenvalue weighted by Gasteiger charge is -2.12.